The Kier molecular flexibility index (Phi) is 6.33. The van der Waals surface area contributed by atoms with Crippen LogP contribution in [-0.2, 0) is 9.59 Å². The van der Waals surface area contributed by atoms with Crippen molar-refractivity contribution in [2.75, 3.05) is 13.6 Å². The van der Waals surface area contributed by atoms with Crippen molar-refractivity contribution in [1.82, 2.24) is 4.90 Å². The van der Waals surface area contributed by atoms with Crippen molar-refractivity contribution in [2.45, 2.75) is 19.8 Å². The van der Waals surface area contributed by atoms with E-state index in [4.69, 9.17) is 11.5 Å². The number of aliphatic imine (C=N–C) groups is 1. The molecule has 0 radical (unpaired) electrons. The lowest BCUT2D eigenvalue weighted by atomic mass is 9.90. The molecule has 2 heterocycles. The first-order valence-electron chi connectivity index (χ1n) is 8.65. The molecule has 2 atom stereocenters. The summed E-state index contributed by atoms with van der Waals surface area (Å²) in [5, 5.41) is 0. The van der Waals surface area contributed by atoms with Crippen LogP contribution in [0.5, 0.6) is 0 Å². The Hall–Kier alpha value is -2.89. The summed E-state index contributed by atoms with van der Waals surface area (Å²) in [5.74, 6) is -0.440. The number of rotatable bonds is 6. The number of carbonyl (C=O) groups is 2. The third kappa shape index (κ3) is 4.39. The topological polar surface area (TPSA) is 102 Å². The first-order valence-corrected chi connectivity index (χ1v) is 8.65. The van der Waals surface area contributed by atoms with E-state index in [0.717, 1.165) is 24.3 Å². The fraction of sp³-hybridized carbons (Fsp3) is 0.350. The molecule has 0 saturated carbocycles. The van der Waals surface area contributed by atoms with Crippen LogP contribution in [-0.4, -0.2) is 36.0 Å². The monoisotopic (exact) mass is 354 g/mol. The molecule has 138 valence electrons. The number of nitrogens with two attached hydrogens (primary N) is 2. The number of hydrogen-bond acceptors (Lipinski definition) is 4. The Morgan fingerprint density at radius 2 is 2.08 bits per heavy atom. The second kappa shape index (κ2) is 8.47. The fourth-order valence-electron chi connectivity index (χ4n) is 3.10. The van der Waals surface area contributed by atoms with Crippen molar-refractivity contribution < 1.29 is 9.59 Å². The Labute approximate surface area is 154 Å². The molecule has 0 bridgehead atoms. The van der Waals surface area contributed by atoms with Crippen LogP contribution >= 0.6 is 0 Å². The molecular weight excluding hydrogens is 328 g/mol. The van der Waals surface area contributed by atoms with Gasteiger partial charge in [-0.3, -0.25) is 9.59 Å². The van der Waals surface area contributed by atoms with Crippen molar-refractivity contribution in [3.63, 3.8) is 0 Å². The van der Waals surface area contributed by atoms with Crippen LogP contribution in [0.15, 0.2) is 65.0 Å². The van der Waals surface area contributed by atoms with E-state index in [1.807, 2.05) is 44.4 Å². The first-order chi connectivity index (χ1) is 12.3. The summed E-state index contributed by atoms with van der Waals surface area (Å²) in [4.78, 5) is 29.4. The molecule has 2 aliphatic heterocycles. The zero-order chi connectivity index (χ0) is 19.3. The summed E-state index contributed by atoms with van der Waals surface area (Å²) >= 11 is 0. The Morgan fingerprint density at radius 1 is 1.35 bits per heavy atom. The van der Waals surface area contributed by atoms with E-state index < -0.39 is 5.91 Å². The highest BCUT2D eigenvalue weighted by Gasteiger charge is 2.26. The van der Waals surface area contributed by atoms with Gasteiger partial charge in [0.1, 0.15) is 5.70 Å². The summed E-state index contributed by atoms with van der Waals surface area (Å²) < 4.78 is 0. The molecule has 1 saturated heterocycles. The second-order valence-electron chi connectivity index (χ2n) is 6.59. The van der Waals surface area contributed by atoms with Gasteiger partial charge in [-0.15, -0.1) is 0 Å². The lowest BCUT2D eigenvalue weighted by Crippen LogP contribution is -2.27. The molecule has 2 rings (SSSR count). The van der Waals surface area contributed by atoms with Gasteiger partial charge < -0.3 is 16.4 Å². The van der Waals surface area contributed by atoms with Crippen molar-refractivity contribution >= 4 is 17.5 Å². The average molecular weight is 354 g/mol. The molecule has 6 nitrogen and oxygen atoms in total. The van der Waals surface area contributed by atoms with Crippen molar-refractivity contribution in [1.29, 1.82) is 0 Å². The number of carbonyl (C=O) groups excluding carboxylic acids is 2. The largest absolute Gasteiger partial charge is 0.400 e. The minimum Gasteiger partial charge on any atom is -0.400 e. The minimum absolute atomic E-state index is 0.0403. The van der Waals surface area contributed by atoms with E-state index in [-0.39, 0.29) is 23.4 Å². The van der Waals surface area contributed by atoms with Gasteiger partial charge >= 0.3 is 0 Å². The Balaban J connectivity index is 2.12. The average Bonchev–Trinajstić information content (AvgIpc) is 2.90. The molecule has 4 N–H and O–H groups in total. The molecule has 0 aromatic heterocycles. The standard InChI is InChI=1S/C20H26N4O2/c1-4-14(17-13(2)12-16(21)18(23-17)19(22)25)8-6-5-7-9-15-10-11-24(3)20(15)26/h4-9,13,15H,1,10-12,21H2,2-3H3,(H2,22,25). The zero-order valence-electron chi connectivity index (χ0n) is 15.3. The molecule has 6 heteroatoms. The zero-order valence-corrected chi connectivity index (χ0v) is 15.3. The summed E-state index contributed by atoms with van der Waals surface area (Å²) in [6.45, 7) is 6.62. The van der Waals surface area contributed by atoms with Gasteiger partial charge in [-0.05, 0) is 18.4 Å². The van der Waals surface area contributed by atoms with Gasteiger partial charge in [0.05, 0.1) is 11.6 Å². The maximum Gasteiger partial charge on any atom is 0.269 e. The fourth-order valence-corrected chi connectivity index (χ4v) is 3.10. The van der Waals surface area contributed by atoms with E-state index in [2.05, 4.69) is 11.6 Å². The molecule has 0 aromatic rings. The summed E-state index contributed by atoms with van der Waals surface area (Å²) in [7, 11) is 1.82. The molecule has 0 aromatic carbocycles. The predicted molar refractivity (Wildman–Crippen MR) is 104 cm³/mol. The third-order valence-electron chi connectivity index (χ3n) is 4.59. The van der Waals surface area contributed by atoms with Gasteiger partial charge in [-0.1, -0.05) is 50.0 Å². The van der Waals surface area contributed by atoms with Gasteiger partial charge in [0, 0.05) is 25.2 Å². The normalized spacial score (nSPS) is 24.7. The molecule has 26 heavy (non-hydrogen) atoms. The number of primary amides is 1. The molecule has 0 aliphatic carbocycles. The number of hydrogen-bond donors (Lipinski definition) is 2. The summed E-state index contributed by atoms with van der Waals surface area (Å²) in [5.41, 5.74) is 13.3. The number of allylic oxidation sites excluding steroid dienone is 7. The van der Waals surface area contributed by atoms with Crippen LogP contribution in [0.25, 0.3) is 0 Å². The number of amides is 2. The van der Waals surface area contributed by atoms with E-state index in [1.54, 1.807) is 11.0 Å². The molecule has 2 aliphatic rings. The lowest BCUT2D eigenvalue weighted by Gasteiger charge is -2.22. The summed E-state index contributed by atoms with van der Waals surface area (Å²) in [6, 6.07) is 0. The van der Waals surface area contributed by atoms with Crippen molar-refractivity contribution in [3.05, 3.63) is 60.0 Å². The SMILES string of the molecule is C=CC(=CC=CC=CC1CCN(C)C1=O)C1=NC(C(N)=O)=C(N)CC1C. The molecule has 0 spiro atoms. The minimum atomic E-state index is -0.625. The van der Waals surface area contributed by atoms with Crippen LogP contribution < -0.4 is 11.5 Å². The van der Waals surface area contributed by atoms with Crippen LogP contribution in [0, 0.1) is 11.8 Å². The van der Waals surface area contributed by atoms with Crippen molar-refractivity contribution in [2.24, 2.45) is 28.3 Å². The Morgan fingerprint density at radius 3 is 2.65 bits per heavy atom. The van der Waals surface area contributed by atoms with Gasteiger partial charge in [-0.25, -0.2) is 4.99 Å². The van der Waals surface area contributed by atoms with E-state index >= 15 is 0 Å². The van der Waals surface area contributed by atoms with Crippen LogP contribution in [0.1, 0.15) is 19.8 Å². The highest BCUT2D eigenvalue weighted by molar-refractivity contribution is 6.08. The molecular formula is C20H26N4O2. The molecule has 2 unspecified atom stereocenters. The second-order valence-corrected chi connectivity index (χ2v) is 6.59. The number of likely N-dealkylation sites (tertiary alicyclic amines) is 1. The summed E-state index contributed by atoms with van der Waals surface area (Å²) in [6.07, 6.45) is 12.5. The molecule has 2 amide bonds. The van der Waals surface area contributed by atoms with Crippen LogP contribution in [0.3, 0.4) is 0 Å². The highest BCUT2D eigenvalue weighted by Crippen LogP contribution is 2.25. The van der Waals surface area contributed by atoms with E-state index in [0.29, 0.717) is 12.1 Å². The predicted octanol–water partition coefficient (Wildman–Crippen LogP) is 1.83. The number of nitrogens with zero attached hydrogens (tertiary/aromatic N) is 2. The third-order valence-corrected chi connectivity index (χ3v) is 4.59. The Bertz CT molecular complexity index is 756. The highest BCUT2D eigenvalue weighted by atomic mass is 16.2. The van der Waals surface area contributed by atoms with E-state index in [1.165, 1.54) is 0 Å². The van der Waals surface area contributed by atoms with Gasteiger partial charge in [0.15, 0.2) is 0 Å². The van der Waals surface area contributed by atoms with Crippen LogP contribution in [0.2, 0.25) is 0 Å². The van der Waals surface area contributed by atoms with Crippen LogP contribution in [0.4, 0.5) is 0 Å². The maximum atomic E-state index is 11.8. The van der Waals surface area contributed by atoms with Gasteiger partial charge in [0.25, 0.3) is 5.91 Å². The maximum absolute atomic E-state index is 11.8. The van der Waals surface area contributed by atoms with Gasteiger partial charge in [0.2, 0.25) is 5.91 Å². The lowest BCUT2D eigenvalue weighted by molar-refractivity contribution is -0.128. The quantitative estimate of drug-likeness (QED) is 0.711. The smallest absolute Gasteiger partial charge is 0.269 e. The first kappa shape index (κ1) is 19.4. The van der Waals surface area contributed by atoms with Crippen molar-refractivity contribution in [3.8, 4) is 0 Å². The molecule has 1 fully saturated rings. The van der Waals surface area contributed by atoms with E-state index in [9.17, 15) is 9.59 Å². The van der Waals surface area contributed by atoms with Gasteiger partial charge in [-0.2, -0.15) is 0 Å².